The van der Waals surface area contributed by atoms with E-state index < -0.39 is 5.82 Å². The van der Waals surface area contributed by atoms with Crippen molar-refractivity contribution in [3.8, 4) is 6.01 Å². The van der Waals surface area contributed by atoms with Crippen molar-refractivity contribution in [3.63, 3.8) is 0 Å². The maximum Gasteiger partial charge on any atom is 0.316 e. The lowest BCUT2D eigenvalue weighted by molar-refractivity contribution is 0.0519. The molecule has 0 spiro atoms. The smallest absolute Gasteiger partial charge is 0.316 e. The standard InChI is InChI=1S/C14H13ClFN3O2S/c15-12-4-3-11(22-12)13(20)19-5-1-2-10(8-19)21-14-17-6-9(16)7-18-14/h3-4,6-7,10H,1-2,5,8H2. The summed E-state index contributed by atoms with van der Waals surface area (Å²) in [6.07, 6.45) is 3.55. The molecule has 1 aliphatic heterocycles. The molecular weight excluding hydrogens is 329 g/mol. The topological polar surface area (TPSA) is 55.3 Å². The normalized spacial score (nSPS) is 18.3. The van der Waals surface area contributed by atoms with Crippen molar-refractivity contribution in [1.82, 2.24) is 14.9 Å². The SMILES string of the molecule is O=C(c1ccc(Cl)s1)N1CCCC(Oc2ncc(F)cn2)C1. The molecule has 0 N–H and O–H groups in total. The predicted molar refractivity (Wildman–Crippen MR) is 80.9 cm³/mol. The second-order valence-electron chi connectivity index (χ2n) is 4.92. The summed E-state index contributed by atoms with van der Waals surface area (Å²) < 4.78 is 19.0. The van der Waals surface area contributed by atoms with Crippen molar-refractivity contribution in [2.24, 2.45) is 0 Å². The molecule has 1 fully saturated rings. The number of halogens is 2. The van der Waals surface area contributed by atoms with Crippen LogP contribution in [0.4, 0.5) is 4.39 Å². The summed E-state index contributed by atoms with van der Waals surface area (Å²) in [4.78, 5) is 22.3. The molecule has 3 rings (SSSR count). The summed E-state index contributed by atoms with van der Waals surface area (Å²) in [6, 6.07) is 3.56. The van der Waals surface area contributed by atoms with Crippen molar-refractivity contribution in [2.75, 3.05) is 13.1 Å². The van der Waals surface area contributed by atoms with Gasteiger partial charge in [-0.25, -0.2) is 14.4 Å². The third kappa shape index (κ3) is 3.53. The lowest BCUT2D eigenvalue weighted by atomic mass is 10.1. The number of rotatable bonds is 3. The molecule has 1 aliphatic rings. The van der Waals surface area contributed by atoms with Gasteiger partial charge in [0, 0.05) is 6.54 Å². The minimum atomic E-state index is -0.512. The van der Waals surface area contributed by atoms with Crippen LogP contribution in [-0.4, -0.2) is 40.0 Å². The zero-order valence-corrected chi connectivity index (χ0v) is 13.1. The molecule has 0 bridgehead atoms. The van der Waals surface area contributed by atoms with E-state index in [1.807, 2.05) is 0 Å². The highest BCUT2D eigenvalue weighted by Crippen LogP contribution is 2.24. The molecule has 0 radical (unpaired) electrons. The molecule has 8 heteroatoms. The van der Waals surface area contributed by atoms with Gasteiger partial charge in [-0.1, -0.05) is 11.6 Å². The number of nitrogens with zero attached hydrogens (tertiary/aromatic N) is 3. The number of likely N-dealkylation sites (tertiary alicyclic amines) is 1. The van der Waals surface area contributed by atoms with Crippen LogP contribution in [-0.2, 0) is 0 Å². The van der Waals surface area contributed by atoms with Gasteiger partial charge in [0.15, 0.2) is 5.82 Å². The van der Waals surface area contributed by atoms with Gasteiger partial charge in [-0.3, -0.25) is 4.79 Å². The maximum absolute atomic E-state index is 12.8. The molecule has 0 saturated carbocycles. The predicted octanol–water partition coefficient (Wildman–Crippen LogP) is 3.01. The van der Waals surface area contributed by atoms with Crippen LogP contribution in [0.25, 0.3) is 0 Å². The summed E-state index contributed by atoms with van der Waals surface area (Å²) in [5.74, 6) is -0.562. The number of hydrogen-bond donors (Lipinski definition) is 0. The Labute approximate surface area is 135 Å². The number of piperidine rings is 1. The Morgan fingerprint density at radius 3 is 2.86 bits per heavy atom. The van der Waals surface area contributed by atoms with E-state index in [0.29, 0.717) is 22.3 Å². The maximum atomic E-state index is 12.8. The quantitative estimate of drug-likeness (QED) is 0.861. The first kappa shape index (κ1) is 15.2. The Kier molecular flexibility index (Phi) is 4.54. The van der Waals surface area contributed by atoms with Gasteiger partial charge in [0.1, 0.15) is 6.10 Å². The van der Waals surface area contributed by atoms with E-state index in [9.17, 15) is 9.18 Å². The molecule has 2 aromatic heterocycles. The second kappa shape index (κ2) is 6.58. The molecule has 0 aromatic carbocycles. The number of carbonyl (C=O) groups excluding carboxylic acids is 1. The van der Waals surface area contributed by atoms with E-state index >= 15 is 0 Å². The van der Waals surface area contributed by atoms with Gasteiger partial charge < -0.3 is 9.64 Å². The van der Waals surface area contributed by atoms with Crippen LogP contribution < -0.4 is 4.74 Å². The summed E-state index contributed by atoms with van der Waals surface area (Å²) in [6.45, 7) is 1.13. The van der Waals surface area contributed by atoms with Gasteiger partial charge in [-0.15, -0.1) is 11.3 Å². The highest BCUT2D eigenvalue weighted by Gasteiger charge is 2.27. The Hall–Kier alpha value is -1.73. The first-order valence-corrected chi connectivity index (χ1v) is 8.00. The number of hydrogen-bond acceptors (Lipinski definition) is 5. The molecule has 1 amide bonds. The highest BCUT2D eigenvalue weighted by atomic mass is 35.5. The number of aromatic nitrogens is 2. The molecular formula is C14H13ClFN3O2S. The van der Waals surface area contributed by atoms with Crippen LogP contribution in [0.1, 0.15) is 22.5 Å². The van der Waals surface area contributed by atoms with E-state index in [0.717, 1.165) is 25.2 Å². The first-order valence-electron chi connectivity index (χ1n) is 6.80. The van der Waals surface area contributed by atoms with Crippen molar-refractivity contribution in [3.05, 3.63) is 39.6 Å². The van der Waals surface area contributed by atoms with Gasteiger partial charge in [0.25, 0.3) is 5.91 Å². The lowest BCUT2D eigenvalue weighted by Crippen LogP contribution is -2.44. The molecule has 1 saturated heterocycles. The van der Waals surface area contributed by atoms with E-state index in [1.165, 1.54) is 11.3 Å². The monoisotopic (exact) mass is 341 g/mol. The molecule has 2 aromatic rings. The van der Waals surface area contributed by atoms with Gasteiger partial charge in [-0.2, -0.15) is 0 Å². The van der Waals surface area contributed by atoms with Crippen LogP contribution >= 0.6 is 22.9 Å². The number of amides is 1. The summed E-state index contributed by atoms with van der Waals surface area (Å²) in [7, 11) is 0. The molecule has 5 nitrogen and oxygen atoms in total. The van der Waals surface area contributed by atoms with Gasteiger partial charge >= 0.3 is 6.01 Å². The average molecular weight is 342 g/mol. The summed E-state index contributed by atoms with van der Waals surface area (Å²) in [5.41, 5.74) is 0. The van der Waals surface area contributed by atoms with E-state index in [4.69, 9.17) is 16.3 Å². The van der Waals surface area contributed by atoms with E-state index in [1.54, 1.807) is 17.0 Å². The van der Waals surface area contributed by atoms with Crippen LogP contribution in [0.15, 0.2) is 24.5 Å². The number of carbonyl (C=O) groups is 1. The van der Waals surface area contributed by atoms with Crippen molar-refractivity contribution in [1.29, 1.82) is 0 Å². The van der Waals surface area contributed by atoms with Crippen LogP contribution in [0.2, 0.25) is 4.34 Å². The average Bonchev–Trinajstić information content (AvgIpc) is 2.96. The molecule has 116 valence electrons. The molecule has 22 heavy (non-hydrogen) atoms. The number of thiophene rings is 1. The summed E-state index contributed by atoms with van der Waals surface area (Å²) in [5, 5.41) is 0. The fourth-order valence-electron chi connectivity index (χ4n) is 2.31. The summed E-state index contributed by atoms with van der Waals surface area (Å²) >= 11 is 7.13. The van der Waals surface area contributed by atoms with Crippen LogP contribution in [0, 0.1) is 5.82 Å². The van der Waals surface area contributed by atoms with Crippen LogP contribution in [0.3, 0.4) is 0 Å². The third-order valence-corrected chi connectivity index (χ3v) is 4.54. The lowest BCUT2D eigenvalue weighted by Gasteiger charge is -2.32. The highest BCUT2D eigenvalue weighted by molar-refractivity contribution is 7.17. The fourth-order valence-corrected chi connectivity index (χ4v) is 3.33. The van der Waals surface area contributed by atoms with E-state index in [2.05, 4.69) is 9.97 Å². The van der Waals surface area contributed by atoms with Gasteiger partial charge in [-0.05, 0) is 25.0 Å². The van der Waals surface area contributed by atoms with Crippen molar-refractivity contribution < 1.29 is 13.9 Å². The minimum absolute atomic E-state index is 0.0507. The first-order chi connectivity index (χ1) is 10.6. The van der Waals surface area contributed by atoms with E-state index in [-0.39, 0.29) is 18.0 Å². The molecule has 1 atom stereocenters. The third-order valence-electron chi connectivity index (χ3n) is 3.32. The fraction of sp³-hybridized carbons (Fsp3) is 0.357. The molecule has 1 unspecified atom stereocenters. The largest absolute Gasteiger partial charge is 0.458 e. The van der Waals surface area contributed by atoms with Gasteiger partial charge in [0.2, 0.25) is 0 Å². The molecule has 3 heterocycles. The number of ether oxygens (including phenoxy) is 1. The van der Waals surface area contributed by atoms with Crippen molar-refractivity contribution in [2.45, 2.75) is 18.9 Å². The Balaban J connectivity index is 1.63. The van der Waals surface area contributed by atoms with Crippen molar-refractivity contribution >= 4 is 28.8 Å². The zero-order chi connectivity index (χ0) is 15.5. The second-order valence-corrected chi connectivity index (χ2v) is 6.64. The molecule has 0 aliphatic carbocycles. The Bertz CT molecular complexity index is 664. The minimum Gasteiger partial charge on any atom is -0.458 e. The zero-order valence-electron chi connectivity index (χ0n) is 11.5. The Morgan fingerprint density at radius 2 is 2.18 bits per heavy atom. The van der Waals surface area contributed by atoms with Crippen LogP contribution in [0.5, 0.6) is 6.01 Å². The van der Waals surface area contributed by atoms with Gasteiger partial charge in [0.05, 0.1) is 28.2 Å². The Morgan fingerprint density at radius 1 is 1.41 bits per heavy atom.